The SMILES string of the molecule is CCCCCC1CCC(c2ccc(OCOCC3(COC(=O)c4ccc(C5CCC(CCCCC)CC5)cc4)CCCCC3)cc2)CC1.[HH].[HH]. The highest BCUT2D eigenvalue weighted by molar-refractivity contribution is 5.89. The second-order valence-corrected chi connectivity index (χ2v) is 15.9. The normalized spacial score (nSPS) is 24.2. The van der Waals surface area contributed by atoms with E-state index in [1.54, 1.807) is 0 Å². The molecular weight excluding hydrogens is 592 g/mol. The van der Waals surface area contributed by atoms with Crippen LogP contribution in [-0.4, -0.2) is 26.0 Å². The van der Waals surface area contributed by atoms with E-state index >= 15 is 0 Å². The summed E-state index contributed by atoms with van der Waals surface area (Å²) < 4.78 is 18.1. The first kappa shape index (κ1) is 36.9. The molecule has 4 heteroatoms. The van der Waals surface area contributed by atoms with Crippen LogP contribution in [0.5, 0.6) is 5.75 Å². The highest BCUT2D eigenvalue weighted by atomic mass is 16.7. The van der Waals surface area contributed by atoms with Gasteiger partial charge in [-0.25, -0.2) is 4.79 Å². The van der Waals surface area contributed by atoms with Gasteiger partial charge in [0, 0.05) is 8.27 Å². The van der Waals surface area contributed by atoms with Crippen LogP contribution < -0.4 is 4.74 Å². The van der Waals surface area contributed by atoms with Crippen LogP contribution in [0.4, 0.5) is 0 Å². The van der Waals surface area contributed by atoms with Crippen molar-refractivity contribution in [3.63, 3.8) is 0 Å². The van der Waals surface area contributed by atoms with E-state index in [4.69, 9.17) is 14.2 Å². The lowest BCUT2D eigenvalue weighted by molar-refractivity contribution is -0.0665. The summed E-state index contributed by atoms with van der Waals surface area (Å²) in [7, 11) is 0. The maximum absolute atomic E-state index is 13.1. The Hall–Kier alpha value is -2.33. The van der Waals surface area contributed by atoms with Crippen molar-refractivity contribution in [1.82, 2.24) is 0 Å². The van der Waals surface area contributed by atoms with E-state index in [1.807, 2.05) is 12.1 Å². The van der Waals surface area contributed by atoms with Gasteiger partial charge in [0.25, 0.3) is 0 Å². The molecule has 0 saturated heterocycles. The quantitative estimate of drug-likeness (QED) is 0.0905. The van der Waals surface area contributed by atoms with Gasteiger partial charge in [0.1, 0.15) is 5.75 Å². The highest BCUT2D eigenvalue weighted by Gasteiger charge is 2.34. The van der Waals surface area contributed by atoms with Gasteiger partial charge in [0.2, 0.25) is 0 Å². The molecule has 270 valence electrons. The van der Waals surface area contributed by atoms with E-state index in [2.05, 4.69) is 50.2 Å². The van der Waals surface area contributed by atoms with Crippen molar-refractivity contribution in [3.05, 3.63) is 65.2 Å². The third-order valence-corrected chi connectivity index (χ3v) is 12.2. The second-order valence-electron chi connectivity index (χ2n) is 15.9. The van der Waals surface area contributed by atoms with E-state index in [1.165, 1.54) is 120 Å². The van der Waals surface area contributed by atoms with Crippen LogP contribution >= 0.6 is 0 Å². The summed E-state index contributed by atoms with van der Waals surface area (Å²) in [5, 5.41) is 0. The third-order valence-electron chi connectivity index (χ3n) is 12.2. The molecule has 2 aromatic rings. The summed E-state index contributed by atoms with van der Waals surface area (Å²) >= 11 is 0. The standard InChI is InChI=1S/C44H66O4.2H2/c1-3-5-8-12-35-14-18-37(19-15-35)39-22-24-41(25-23-39)43(45)47-33-44(30-10-7-11-31-44)32-46-34-48-42-28-26-40(27-29-42)38-20-16-36(17-21-38)13-9-6-4-2;;/h22-29,35-38H,3-21,30-34H2,1-2H3;2*1H. The van der Waals surface area contributed by atoms with Crippen molar-refractivity contribution in [2.75, 3.05) is 20.0 Å². The Morgan fingerprint density at radius 1 is 0.667 bits per heavy atom. The Morgan fingerprint density at radius 3 is 1.71 bits per heavy atom. The number of esters is 1. The lowest BCUT2D eigenvalue weighted by atomic mass is 9.75. The lowest BCUT2D eigenvalue weighted by Crippen LogP contribution is -2.36. The number of carbonyl (C=O) groups excluding carboxylic acids is 1. The number of ether oxygens (including phenoxy) is 3. The van der Waals surface area contributed by atoms with E-state index in [0.717, 1.165) is 43.3 Å². The van der Waals surface area contributed by atoms with Crippen molar-refractivity contribution in [3.8, 4) is 5.75 Å². The maximum Gasteiger partial charge on any atom is 0.338 e. The summed E-state index contributed by atoms with van der Waals surface area (Å²) in [5.41, 5.74) is 3.36. The maximum atomic E-state index is 13.1. The van der Waals surface area contributed by atoms with Gasteiger partial charge >= 0.3 is 5.97 Å². The van der Waals surface area contributed by atoms with E-state index in [9.17, 15) is 4.79 Å². The summed E-state index contributed by atoms with van der Waals surface area (Å²) in [6.45, 7) is 5.77. The zero-order chi connectivity index (χ0) is 33.4. The largest absolute Gasteiger partial charge is 0.468 e. The molecule has 0 aromatic heterocycles. The van der Waals surface area contributed by atoms with E-state index < -0.39 is 0 Å². The summed E-state index contributed by atoms with van der Waals surface area (Å²) in [6, 6.07) is 17.0. The average molecular weight is 663 g/mol. The van der Waals surface area contributed by atoms with Gasteiger partial charge in [-0.1, -0.05) is 109 Å². The monoisotopic (exact) mass is 663 g/mol. The Labute approximate surface area is 296 Å². The van der Waals surface area contributed by atoms with Crippen molar-refractivity contribution >= 4 is 5.97 Å². The molecule has 3 aliphatic carbocycles. The predicted molar refractivity (Wildman–Crippen MR) is 202 cm³/mol. The molecule has 5 rings (SSSR count). The molecule has 0 amide bonds. The fourth-order valence-corrected chi connectivity index (χ4v) is 8.96. The minimum Gasteiger partial charge on any atom is -0.468 e. The van der Waals surface area contributed by atoms with Crippen molar-refractivity contribution in [2.24, 2.45) is 17.3 Å². The Balaban J connectivity index is 0.00000338. The third kappa shape index (κ3) is 11.4. The van der Waals surface area contributed by atoms with Crippen LogP contribution in [-0.2, 0) is 9.47 Å². The van der Waals surface area contributed by atoms with Crippen molar-refractivity contribution < 1.29 is 21.9 Å². The molecule has 0 spiro atoms. The molecule has 2 aromatic carbocycles. The molecule has 3 saturated carbocycles. The van der Waals surface area contributed by atoms with Crippen molar-refractivity contribution in [1.29, 1.82) is 0 Å². The molecular formula is C44H70O4. The van der Waals surface area contributed by atoms with Gasteiger partial charge in [-0.3, -0.25) is 0 Å². The van der Waals surface area contributed by atoms with Gasteiger partial charge in [-0.15, -0.1) is 0 Å². The Bertz CT molecular complexity index is 1180. The minimum absolute atomic E-state index is 0. The van der Waals surface area contributed by atoms with E-state index in [0.29, 0.717) is 30.6 Å². The van der Waals surface area contributed by atoms with Gasteiger partial charge < -0.3 is 14.2 Å². The predicted octanol–water partition coefficient (Wildman–Crippen LogP) is 13.0. The highest BCUT2D eigenvalue weighted by Crippen LogP contribution is 2.40. The minimum atomic E-state index is -0.215. The summed E-state index contributed by atoms with van der Waals surface area (Å²) in [6.07, 6.45) is 27.2. The van der Waals surface area contributed by atoms with Crippen LogP contribution in [0.3, 0.4) is 0 Å². The number of unbranched alkanes of at least 4 members (excludes halogenated alkanes) is 4. The summed E-state index contributed by atoms with van der Waals surface area (Å²) in [5.74, 6) is 3.82. The van der Waals surface area contributed by atoms with Crippen LogP contribution in [0.1, 0.15) is 185 Å². The van der Waals surface area contributed by atoms with Crippen LogP contribution in [0.25, 0.3) is 0 Å². The van der Waals surface area contributed by atoms with Crippen LogP contribution in [0.2, 0.25) is 0 Å². The average Bonchev–Trinajstić information content (AvgIpc) is 3.14. The number of hydrogen-bond acceptors (Lipinski definition) is 4. The van der Waals surface area contributed by atoms with Gasteiger partial charge in [0.15, 0.2) is 6.79 Å². The topological polar surface area (TPSA) is 44.8 Å². The molecule has 3 fully saturated rings. The smallest absolute Gasteiger partial charge is 0.338 e. The number of hydrogen-bond donors (Lipinski definition) is 0. The molecule has 0 unspecified atom stereocenters. The number of benzene rings is 2. The second kappa shape index (κ2) is 19.8. The first-order valence-electron chi connectivity index (χ1n) is 20.1. The molecule has 0 aliphatic heterocycles. The molecule has 0 N–H and O–H groups in total. The first-order chi connectivity index (χ1) is 23.6. The molecule has 0 radical (unpaired) electrons. The summed E-state index contributed by atoms with van der Waals surface area (Å²) in [4.78, 5) is 13.1. The Kier molecular flexibility index (Phi) is 15.2. The Morgan fingerprint density at radius 2 is 1.19 bits per heavy atom. The lowest BCUT2D eigenvalue weighted by Gasteiger charge is -2.36. The molecule has 3 aliphatic rings. The molecule has 0 atom stereocenters. The molecule has 0 heterocycles. The van der Waals surface area contributed by atoms with Crippen LogP contribution in [0.15, 0.2) is 48.5 Å². The van der Waals surface area contributed by atoms with Gasteiger partial charge in [-0.2, -0.15) is 0 Å². The molecule has 0 bridgehead atoms. The fraction of sp³-hybridized carbons (Fsp3) is 0.705. The zero-order valence-electron chi connectivity index (χ0n) is 30.5. The number of carbonyl (C=O) groups is 1. The zero-order valence-corrected chi connectivity index (χ0v) is 30.5. The molecule has 4 nitrogen and oxygen atoms in total. The van der Waals surface area contributed by atoms with E-state index in [-0.39, 0.29) is 21.0 Å². The van der Waals surface area contributed by atoms with Gasteiger partial charge in [0.05, 0.1) is 18.8 Å². The number of rotatable bonds is 18. The fourth-order valence-electron chi connectivity index (χ4n) is 8.96. The van der Waals surface area contributed by atoms with Crippen molar-refractivity contribution in [2.45, 2.75) is 161 Å². The van der Waals surface area contributed by atoms with Gasteiger partial charge in [-0.05, 0) is 123 Å². The first-order valence-corrected chi connectivity index (χ1v) is 20.1. The van der Waals surface area contributed by atoms with Crippen LogP contribution in [0, 0.1) is 17.3 Å². The molecule has 48 heavy (non-hydrogen) atoms.